The Bertz CT molecular complexity index is 631. The van der Waals surface area contributed by atoms with Crippen LogP contribution in [0.3, 0.4) is 0 Å². The zero-order valence-corrected chi connectivity index (χ0v) is 13.2. The number of hydrogen-bond acceptors (Lipinski definition) is 2. The second-order valence-corrected chi connectivity index (χ2v) is 5.52. The summed E-state index contributed by atoms with van der Waals surface area (Å²) in [5.74, 6) is -0.127. The van der Waals surface area contributed by atoms with Gasteiger partial charge in [-0.1, -0.05) is 30.7 Å². The number of aromatic nitrogens is 2. The second-order valence-electron chi connectivity index (χ2n) is 5.52. The maximum atomic E-state index is 12.2. The second kappa shape index (κ2) is 6.57. The summed E-state index contributed by atoms with van der Waals surface area (Å²) in [5.41, 5.74) is 4.04. The Kier molecular flexibility index (Phi) is 4.78. The molecule has 1 unspecified atom stereocenters. The van der Waals surface area contributed by atoms with Gasteiger partial charge in [0.25, 0.3) is 5.91 Å². The van der Waals surface area contributed by atoms with E-state index in [0.717, 1.165) is 18.5 Å². The minimum absolute atomic E-state index is 0.0329. The molecule has 0 radical (unpaired) electrons. The van der Waals surface area contributed by atoms with E-state index >= 15 is 0 Å². The summed E-state index contributed by atoms with van der Waals surface area (Å²) in [6.45, 7) is 9.06. The van der Waals surface area contributed by atoms with Crippen LogP contribution in [0.2, 0.25) is 0 Å². The van der Waals surface area contributed by atoms with Crippen LogP contribution in [0.15, 0.2) is 30.5 Å². The van der Waals surface area contributed by atoms with Crippen LogP contribution >= 0.6 is 0 Å². The van der Waals surface area contributed by atoms with Gasteiger partial charge in [0.15, 0.2) is 0 Å². The van der Waals surface area contributed by atoms with Crippen LogP contribution < -0.4 is 5.32 Å². The predicted octanol–water partition coefficient (Wildman–Crippen LogP) is 3.40. The van der Waals surface area contributed by atoms with Gasteiger partial charge in [0, 0.05) is 12.7 Å². The number of rotatable bonds is 5. The Hall–Kier alpha value is -2.10. The van der Waals surface area contributed by atoms with Crippen molar-refractivity contribution in [2.45, 2.75) is 46.7 Å². The third kappa shape index (κ3) is 3.72. The van der Waals surface area contributed by atoms with Crippen molar-refractivity contribution in [1.82, 2.24) is 15.1 Å². The standard InChI is InChI=1S/C17H23N3O/c1-5-9-20-10-8-16(19-20)17(21)18-14(4)15-7-6-12(2)11-13(15)3/h6-8,10-11,14H,5,9H2,1-4H3,(H,18,21). The molecule has 2 aromatic rings. The molecule has 2 rings (SSSR count). The van der Waals surface area contributed by atoms with Gasteiger partial charge in [0.1, 0.15) is 5.69 Å². The number of carbonyl (C=O) groups is 1. The van der Waals surface area contributed by atoms with E-state index in [1.807, 2.05) is 13.1 Å². The normalized spacial score (nSPS) is 12.2. The Morgan fingerprint density at radius 3 is 2.76 bits per heavy atom. The molecule has 1 aromatic carbocycles. The molecule has 0 saturated heterocycles. The Labute approximate surface area is 126 Å². The predicted molar refractivity (Wildman–Crippen MR) is 84.3 cm³/mol. The first-order valence-corrected chi connectivity index (χ1v) is 7.42. The van der Waals surface area contributed by atoms with Crippen LogP contribution in [0.25, 0.3) is 0 Å². The van der Waals surface area contributed by atoms with Crippen molar-refractivity contribution in [3.63, 3.8) is 0 Å². The first-order chi connectivity index (χ1) is 10.0. The minimum atomic E-state index is -0.127. The van der Waals surface area contributed by atoms with Crippen LogP contribution in [0.1, 0.15) is 53.5 Å². The molecule has 0 saturated carbocycles. The van der Waals surface area contributed by atoms with E-state index < -0.39 is 0 Å². The highest BCUT2D eigenvalue weighted by Gasteiger charge is 2.15. The topological polar surface area (TPSA) is 46.9 Å². The molecule has 1 atom stereocenters. The minimum Gasteiger partial charge on any atom is -0.344 e. The third-order valence-corrected chi connectivity index (χ3v) is 3.57. The van der Waals surface area contributed by atoms with Crippen molar-refractivity contribution in [2.24, 2.45) is 0 Å². The lowest BCUT2D eigenvalue weighted by Gasteiger charge is -2.16. The van der Waals surface area contributed by atoms with Gasteiger partial charge in [-0.25, -0.2) is 0 Å². The molecule has 0 spiro atoms. The summed E-state index contributed by atoms with van der Waals surface area (Å²) in [6.07, 6.45) is 2.85. The highest BCUT2D eigenvalue weighted by Crippen LogP contribution is 2.18. The van der Waals surface area contributed by atoms with Crippen molar-refractivity contribution in [3.8, 4) is 0 Å². The smallest absolute Gasteiger partial charge is 0.272 e. The number of aryl methyl sites for hydroxylation is 3. The fourth-order valence-electron chi connectivity index (χ4n) is 2.50. The molecule has 0 bridgehead atoms. The van der Waals surface area contributed by atoms with E-state index in [4.69, 9.17) is 0 Å². The molecule has 0 fully saturated rings. The number of carbonyl (C=O) groups excluding carboxylic acids is 1. The van der Waals surface area contributed by atoms with Gasteiger partial charge in [0.2, 0.25) is 0 Å². The van der Waals surface area contributed by atoms with E-state index in [1.165, 1.54) is 11.1 Å². The van der Waals surface area contributed by atoms with Gasteiger partial charge in [-0.15, -0.1) is 0 Å². The monoisotopic (exact) mass is 285 g/mol. The van der Waals surface area contributed by atoms with Crippen LogP contribution in [-0.4, -0.2) is 15.7 Å². The fraction of sp³-hybridized carbons (Fsp3) is 0.412. The van der Waals surface area contributed by atoms with E-state index in [-0.39, 0.29) is 11.9 Å². The molecule has 1 N–H and O–H groups in total. The van der Waals surface area contributed by atoms with Crippen LogP contribution in [0.4, 0.5) is 0 Å². The van der Waals surface area contributed by atoms with E-state index in [1.54, 1.807) is 10.7 Å². The van der Waals surface area contributed by atoms with Crippen molar-refractivity contribution in [3.05, 3.63) is 52.8 Å². The third-order valence-electron chi connectivity index (χ3n) is 3.57. The molecular weight excluding hydrogens is 262 g/mol. The van der Waals surface area contributed by atoms with Gasteiger partial charge in [-0.05, 0) is 44.4 Å². The first kappa shape index (κ1) is 15.3. The number of nitrogens with one attached hydrogen (secondary N) is 1. The van der Waals surface area contributed by atoms with E-state index in [0.29, 0.717) is 5.69 Å². The molecule has 0 aliphatic heterocycles. The lowest BCUT2D eigenvalue weighted by atomic mass is 10.0. The molecule has 0 aliphatic rings. The summed E-state index contributed by atoms with van der Waals surface area (Å²) in [7, 11) is 0. The fourth-order valence-corrected chi connectivity index (χ4v) is 2.50. The van der Waals surface area contributed by atoms with Crippen LogP contribution in [0, 0.1) is 13.8 Å². The first-order valence-electron chi connectivity index (χ1n) is 7.42. The van der Waals surface area contributed by atoms with Gasteiger partial charge >= 0.3 is 0 Å². The summed E-state index contributed by atoms with van der Waals surface area (Å²) >= 11 is 0. The molecule has 21 heavy (non-hydrogen) atoms. The van der Waals surface area contributed by atoms with Crippen molar-refractivity contribution >= 4 is 5.91 Å². The number of hydrogen-bond donors (Lipinski definition) is 1. The Morgan fingerprint density at radius 1 is 1.33 bits per heavy atom. The molecule has 112 valence electrons. The Morgan fingerprint density at radius 2 is 2.10 bits per heavy atom. The van der Waals surface area contributed by atoms with Crippen molar-refractivity contribution in [2.75, 3.05) is 0 Å². The maximum absolute atomic E-state index is 12.2. The summed E-state index contributed by atoms with van der Waals surface area (Å²) in [6, 6.07) is 8.01. The highest BCUT2D eigenvalue weighted by molar-refractivity contribution is 5.92. The lowest BCUT2D eigenvalue weighted by molar-refractivity contribution is 0.0934. The average molecular weight is 285 g/mol. The number of nitrogens with zero attached hydrogens (tertiary/aromatic N) is 2. The van der Waals surface area contributed by atoms with Crippen LogP contribution in [-0.2, 0) is 6.54 Å². The van der Waals surface area contributed by atoms with Crippen molar-refractivity contribution in [1.29, 1.82) is 0 Å². The quantitative estimate of drug-likeness (QED) is 0.915. The number of benzene rings is 1. The molecule has 4 heteroatoms. The van der Waals surface area contributed by atoms with Crippen LogP contribution in [0.5, 0.6) is 0 Å². The molecule has 0 aliphatic carbocycles. The molecule has 1 aromatic heterocycles. The van der Waals surface area contributed by atoms with Gasteiger partial charge < -0.3 is 5.32 Å². The van der Waals surface area contributed by atoms with Gasteiger partial charge in [0.05, 0.1) is 6.04 Å². The molecular formula is C17H23N3O. The summed E-state index contributed by atoms with van der Waals surface area (Å²) in [5, 5.41) is 7.30. The zero-order chi connectivity index (χ0) is 15.4. The lowest BCUT2D eigenvalue weighted by Crippen LogP contribution is -2.27. The molecule has 1 amide bonds. The van der Waals surface area contributed by atoms with E-state index in [9.17, 15) is 4.79 Å². The van der Waals surface area contributed by atoms with E-state index in [2.05, 4.69) is 49.4 Å². The van der Waals surface area contributed by atoms with Crippen molar-refractivity contribution < 1.29 is 4.79 Å². The highest BCUT2D eigenvalue weighted by atomic mass is 16.2. The summed E-state index contributed by atoms with van der Waals surface area (Å²) in [4.78, 5) is 12.2. The largest absolute Gasteiger partial charge is 0.344 e. The Balaban J connectivity index is 2.07. The average Bonchev–Trinajstić information content (AvgIpc) is 2.87. The number of amides is 1. The maximum Gasteiger partial charge on any atom is 0.272 e. The van der Waals surface area contributed by atoms with Gasteiger partial charge in [-0.2, -0.15) is 5.10 Å². The molecule has 1 heterocycles. The molecule has 4 nitrogen and oxygen atoms in total. The zero-order valence-electron chi connectivity index (χ0n) is 13.2. The van der Waals surface area contributed by atoms with Gasteiger partial charge in [-0.3, -0.25) is 9.48 Å². The SMILES string of the molecule is CCCn1ccc(C(=O)NC(C)c2ccc(C)cc2C)n1. The summed E-state index contributed by atoms with van der Waals surface area (Å²) < 4.78 is 1.80.